The number of cyclic esters (lactones) is 1. The maximum absolute atomic E-state index is 13.0. The molecule has 0 radical (unpaired) electrons. The lowest BCUT2D eigenvalue weighted by atomic mass is 9.84. The molecule has 1 aliphatic carbocycles. The van der Waals surface area contributed by atoms with E-state index in [9.17, 15) is 13.6 Å². The molecule has 5 heteroatoms. The van der Waals surface area contributed by atoms with Gasteiger partial charge in [0, 0.05) is 12.6 Å². The average Bonchev–Trinajstić information content (AvgIpc) is 2.61. The summed E-state index contributed by atoms with van der Waals surface area (Å²) in [5.74, 6) is -3.92. The zero-order valence-electron chi connectivity index (χ0n) is 10.8. The Kier molecular flexibility index (Phi) is 4.20. The van der Waals surface area contributed by atoms with Gasteiger partial charge in [-0.2, -0.15) is 8.78 Å². The third-order valence-corrected chi connectivity index (χ3v) is 4.05. The van der Waals surface area contributed by atoms with Crippen LogP contribution in [0.4, 0.5) is 8.78 Å². The van der Waals surface area contributed by atoms with Gasteiger partial charge in [-0.15, -0.1) is 0 Å². The van der Waals surface area contributed by atoms with Gasteiger partial charge in [0.05, 0.1) is 6.42 Å². The van der Waals surface area contributed by atoms with Gasteiger partial charge in [0.25, 0.3) is 0 Å². The zero-order valence-corrected chi connectivity index (χ0v) is 10.8. The van der Waals surface area contributed by atoms with Crippen LogP contribution < -0.4 is 5.32 Å². The standard InChI is InChI=1S/C13H21F2NO2/c1-2-9-4-3-5-10(6-9)16-8-11-7-13(14,15)12(17)18-11/h9-11,16H,2-8H2,1H3. The summed E-state index contributed by atoms with van der Waals surface area (Å²) in [6.45, 7) is 2.54. The SMILES string of the molecule is CCC1CCCC(NCC2CC(F)(F)C(=O)O2)C1. The van der Waals surface area contributed by atoms with Crippen LogP contribution >= 0.6 is 0 Å². The third-order valence-electron chi connectivity index (χ3n) is 4.05. The molecule has 2 fully saturated rings. The van der Waals surface area contributed by atoms with E-state index in [2.05, 4.69) is 17.0 Å². The number of alkyl halides is 2. The van der Waals surface area contributed by atoms with E-state index in [4.69, 9.17) is 0 Å². The van der Waals surface area contributed by atoms with E-state index in [1.165, 1.54) is 19.3 Å². The highest BCUT2D eigenvalue weighted by Crippen LogP contribution is 2.31. The lowest BCUT2D eigenvalue weighted by molar-refractivity contribution is -0.159. The maximum atomic E-state index is 13.0. The van der Waals surface area contributed by atoms with Crippen LogP contribution in [0, 0.1) is 5.92 Å². The molecule has 2 aliphatic rings. The molecule has 1 aliphatic heterocycles. The molecule has 3 atom stereocenters. The Morgan fingerprint density at radius 2 is 2.22 bits per heavy atom. The van der Waals surface area contributed by atoms with Crippen LogP contribution in [0.1, 0.15) is 45.4 Å². The van der Waals surface area contributed by atoms with E-state index >= 15 is 0 Å². The first-order chi connectivity index (χ1) is 8.51. The van der Waals surface area contributed by atoms with E-state index in [1.807, 2.05) is 0 Å². The molecule has 3 nitrogen and oxygen atoms in total. The number of ether oxygens (including phenoxy) is 1. The summed E-state index contributed by atoms with van der Waals surface area (Å²) in [6, 6.07) is 0.386. The smallest absolute Gasteiger partial charge is 0.377 e. The molecule has 0 bridgehead atoms. The second-order valence-electron chi connectivity index (χ2n) is 5.48. The van der Waals surface area contributed by atoms with Crippen LogP contribution in [0.3, 0.4) is 0 Å². The number of halogens is 2. The average molecular weight is 261 g/mol. The summed E-state index contributed by atoms with van der Waals surface area (Å²) >= 11 is 0. The Morgan fingerprint density at radius 1 is 1.44 bits per heavy atom. The van der Waals surface area contributed by atoms with E-state index in [0.717, 1.165) is 18.8 Å². The number of hydrogen-bond acceptors (Lipinski definition) is 3. The minimum Gasteiger partial charge on any atom is -0.456 e. The normalized spacial score (nSPS) is 35.5. The number of esters is 1. The molecular weight excluding hydrogens is 240 g/mol. The van der Waals surface area contributed by atoms with Crippen LogP contribution in [0.15, 0.2) is 0 Å². The van der Waals surface area contributed by atoms with E-state index in [0.29, 0.717) is 12.6 Å². The lowest BCUT2D eigenvalue weighted by Crippen LogP contribution is -2.38. The molecule has 3 unspecified atom stereocenters. The largest absolute Gasteiger partial charge is 0.456 e. The predicted octanol–water partition coefficient (Wildman–Crippen LogP) is 2.50. The van der Waals surface area contributed by atoms with Gasteiger partial charge in [-0.1, -0.05) is 26.2 Å². The van der Waals surface area contributed by atoms with Crippen LogP contribution in [0.25, 0.3) is 0 Å². The first kappa shape index (κ1) is 13.7. The summed E-state index contributed by atoms with van der Waals surface area (Å²) in [7, 11) is 0. The number of carbonyl (C=O) groups excluding carboxylic acids is 1. The molecule has 0 aromatic heterocycles. The van der Waals surface area contributed by atoms with Crippen molar-refractivity contribution >= 4 is 5.97 Å². The topological polar surface area (TPSA) is 38.3 Å². The first-order valence-electron chi connectivity index (χ1n) is 6.83. The summed E-state index contributed by atoms with van der Waals surface area (Å²) in [5.41, 5.74) is 0. The van der Waals surface area contributed by atoms with Gasteiger partial charge in [-0.05, 0) is 18.8 Å². The molecule has 1 heterocycles. The fourth-order valence-corrected chi connectivity index (χ4v) is 2.91. The van der Waals surface area contributed by atoms with Crippen molar-refractivity contribution < 1.29 is 18.3 Å². The van der Waals surface area contributed by atoms with Gasteiger partial charge < -0.3 is 10.1 Å². The highest BCUT2D eigenvalue weighted by Gasteiger charge is 2.50. The molecule has 104 valence electrons. The molecule has 1 saturated carbocycles. The van der Waals surface area contributed by atoms with Crippen molar-refractivity contribution in [2.24, 2.45) is 5.92 Å². The highest BCUT2D eigenvalue weighted by atomic mass is 19.3. The van der Waals surface area contributed by atoms with E-state index in [-0.39, 0.29) is 0 Å². The van der Waals surface area contributed by atoms with E-state index < -0.39 is 24.4 Å². The molecule has 0 aromatic rings. The molecule has 0 amide bonds. The van der Waals surface area contributed by atoms with Crippen LogP contribution in [-0.2, 0) is 9.53 Å². The van der Waals surface area contributed by atoms with Crippen molar-refractivity contribution in [2.75, 3.05) is 6.54 Å². The lowest BCUT2D eigenvalue weighted by Gasteiger charge is -2.29. The number of carbonyl (C=O) groups is 1. The van der Waals surface area contributed by atoms with Gasteiger partial charge in [0.15, 0.2) is 0 Å². The van der Waals surface area contributed by atoms with Crippen molar-refractivity contribution in [1.82, 2.24) is 5.32 Å². The van der Waals surface area contributed by atoms with Crippen LogP contribution in [0.2, 0.25) is 0 Å². The minimum atomic E-state index is -3.29. The minimum absolute atomic E-state index is 0.350. The van der Waals surface area contributed by atoms with Gasteiger partial charge in [-0.3, -0.25) is 0 Å². The summed E-state index contributed by atoms with van der Waals surface area (Å²) in [6.07, 6.45) is 4.68. The molecular formula is C13H21F2NO2. The second kappa shape index (κ2) is 5.51. The first-order valence-corrected chi connectivity index (χ1v) is 6.83. The van der Waals surface area contributed by atoms with Gasteiger partial charge in [0.2, 0.25) is 0 Å². The van der Waals surface area contributed by atoms with Crippen molar-refractivity contribution in [3.05, 3.63) is 0 Å². The number of rotatable bonds is 4. The number of nitrogens with one attached hydrogen (secondary N) is 1. The quantitative estimate of drug-likeness (QED) is 0.790. The zero-order chi connectivity index (χ0) is 13.2. The molecule has 0 spiro atoms. The Bertz CT molecular complexity index is 309. The number of hydrogen-bond donors (Lipinski definition) is 1. The Hall–Kier alpha value is -0.710. The van der Waals surface area contributed by atoms with Crippen molar-refractivity contribution in [3.63, 3.8) is 0 Å². The molecule has 0 aromatic carbocycles. The van der Waals surface area contributed by atoms with Crippen molar-refractivity contribution in [2.45, 2.75) is 63.5 Å². The molecule has 1 saturated heterocycles. The van der Waals surface area contributed by atoms with Gasteiger partial charge in [0.1, 0.15) is 6.10 Å². The Balaban J connectivity index is 1.74. The summed E-state index contributed by atoms with van der Waals surface area (Å²) in [5, 5.41) is 3.28. The Labute approximate surface area is 106 Å². The van der Waals surface area contributed by atoms with Gasteiger partial charge in [-0.25, -0.2) is 4.79 Å². The second-order valence-corrected chi connectivity index (χ2v) is 5.48. The molecule has 2 rings (SSSR count). The van der Waals surface area contributed by atoms with Crippen LogP contribution in [0.5, 0.6) is 0 Å². The van der Waals surface area contributed by atoms with Crippen molar-refractivity contribution in [1.29, 1.82) is 0 Å². The fourth-order valence-electron chi connectivity index (χ4n) is 2.91. The predicted molar refractivity (Wildman–Crippen MR) is 63.5 cm³/mol. The van der Waals surface area contributed by atoms with Gasteiger partial charge >= 0.3 is 11.9 Å². The van der Waals surface area contributed by atoms with E-state index in [1.54, 1.807) is 0 Å². The third kappa shape index (κ3) is 3.19. The maximum Gasteiger partial charge on any atom is 0.377 e. The Morgan fingerprint density at radius 3 is 2.83 bits per heavy atom. The van der Waals surface area contributed by atoms with Crippen LogP contribution in [-0.4, -0.2) is 30.6 Å². The molecule has 1 N–H and O–H groups in total. The summed E-state index contributed by atoms with van der Waals surface area (Å²) < 4.78 is 30.6. The monoisotopic (exact) mass is 261 g/mol. The fraction of sp³-hybridized carbons (Fsp3) is 0.923. The van der Waals surface area contributed by atoms with Crippen molar-refractivity contribution in [3.8, 4) is 0 Å². The summed E-state index contributed by atoms with van der Waals surface area (Å²) in [4.78, 5) is 10.9. The highest BCUT2D eigenvalue weighted by molar-refractivity contribution is 5.79. The molecule has 18 heavy (non-hydrogen) atoms.